The standard InChI is InChI=1S/C13H26O2/c1-2-3-4-5-6-7-8-12(14)13(15)11-9-10-11/h11-15H,2-10H2,1H3. The van der Waals surface area contributed by atoms with E-state index in [4.69, 9.17) is 0 Å². The van der Waals surface area contributed by atoms with E-state index in [1.807, 2.05) is 0 Å². The van der Waals surface area contributed by atoms with Gasteiger partial charge in [-0.15, -0.1) is 0 Å². The van der Waals surface area contributed by atoms with E-state index in [1.54, 1.807) is 0 Å². The first kappa shape index (κ1) is 13.0. The van der Waals surface area contributed by atoms with Crippen LogP contribution in [0.2, 0.25) is 0 Å². The number of unbranched alkanes of at least 4 members (excludes halogenated alkanes) is 5. The minimum absolute atomic E-state index is 0.403. The molecule has 1 aliphatic carbocycles. The van der Waals surface area contributed by atoms with Gasteiger partial charge >= 0.3 is 0 Å². The van der Waals surface area contributed by atoms with Crippen LogP contribution in [0.25, 0.3) is 0 Å². The molecule has 0 aromatic rings. The van der Waals surface area contributed by atoms with Gasteiger partial charge in [0.2, 0.25) is 0 Å². The number of hydrogen-bond donors (Lipinski definition) is 2. The maximum atomic E-state index is 9.68. The van der Waals surface area contributed by atoms with Crippen LogP contribution in [0.5, 0.6) is 0 Å². The highest BCUT2D eigenvalue weighted by Crippen LogP contribution is 2.34. The molecule has 0 aliphatic heterocycles. The van der Waals surface area contributed by atoms with E-state index in [2.05, 4.69) is 6.92 Å². The van der Waals surface area contributed by atoms with Crippen LogP contribution in [-0.2, 0) is 0 Å². The monoisotopic (exact) mass is 214 g/mol. The second-order valence-corrected chi connectivity index (χ2v) is 4.95. The number of hydrogen-bond acceptors (Lipinski definition) is 2. The summed E-state index contributed by atoms with van der Waals surface area (Å²) in [6.45, 7) is 2.22. The van der Waals surface area contributed by atoms with E-state index >= 15 is 0 Å². The lowest BCUT2D eigenvalue weighted by Gasteiger charge is -2.16. The SMILES string of the molecule is CCCCCCCCC(O)C(O)C1CC1. The normalized spacial score (nSPS) is 20.2. The molecule has 2 nitrogen and oxygen atoms in total. The third-order valence-electron chi connectivity index (χ3n) is 3.35. The summed E-state index contributed by atoms with van der Waals surface area (Å²) in [5, 5.41) is 19.3. The second kappa shape index (κ2) is 7.24. The fourth-order valence-electron chi connectivity index (χ4n) is 2.06. The summed E-state index contributed by atoms with van der Waals surface area (Å²) >= 11 is 0. The number of aliphatic hydroxyl groups excluding tert-OH is 2. The maximum Gasteiger partial charge on any atom is 0.0827 e. The molecule has 0 saturated heterocycles. The fraction of sp³-hybridized carbons (Fsp3) is 1.00. The molecule has 90 valence electrons. The van der Waals surface area contributed by atoms with Gasteiger partial charge in [0.05, 0.1) is 12.2 Å². The minimum atomic E-state index is -0.469. The largest absolute Gasteiger partial charge is 0.390 e. The van der Waals surface area contributed by atoms with Gasteiger partial charge in [-0.05, 0) is 25.2 Å². The first-order valence-corrected chi connectivity index (χ1v) is 6.61. The zero-order valence-electron chi connectivity index (χ0n) is 9.99. The highest BCUT2D eigenvalue weighted by molar-refractivity contribution is 4.85. The molecule has 1 fully saturated rings. The Kier molecular flexibility index (Phi) is 6.26. The van der Waals surface area contributed by atoms with Crippen LogP contribution in [0.3, 0.4) is 0 Å². The van der Waals surface area contributed by atoms with E-state index in [-0.39, 0.29) is 0 Å². The molecule has 0 bridgehead atoms. The zero-order chi connectivity index (χ0) is 11.1. The molecule has 0 aromatic carbocycles. The quantitative estimate of drug-likeness (QED) is 0.579. The third kappa shape index (κ3) is 5.53. The van der Waals surface area contributed by atoms with Gasteiger partial charge in [-0.3, -0.25) is 0 Å². The van der Waals surface area contributed by atoms with Crippen molar-refractivity contribution in [3.05, 3.63) is 0 Å². The topological polar surface area (TPSA) is 40.5 Å². The predicted molar refractivity (Wildman–Crippen MR) is 62.7 cm³/mol. The summed E-state index contributed by atoms with van der Waals surface area (Å²) in [7, 11) is 0. The summed E-state index contributed by atoms with van der Waals surface area (Å²) in [6, 6.07) is 0. The van der Waals surface area contributed by atoms with E-state index in [1.165, 1.54) is 32.1 Å². The Hall–Kier alpha value is -0.0800. The van der Waals surface area contributed by atoms with Crippen molar-refractivity contribution >= 4 is 0 Å². The molecular weight excluding hydrogens is 188 g/mol. The van der Waals surface area contributed by atoms with Gasteiger partial charge in [0, 0.05) is 0 Å². The fourth-order valence-corrected chi connectivity index (χ4v) is 2.06. The molecule has 0 heterocycles. The highest BCUT2D eigenvalue weighted by Gasteiger charge is 2.33. The molecule has 2 atom stereocenters. The van der Waals surface area contributed by atoms with Gasteiger partial charge in [0.1, 0.15) is 0 Å². The Morgan fingerprint density at radius 2 is 1.60 bits per heavy atom. The smallest absolute Gasteiger partial charge is 0.0827 e. The Morgan fingerprint density at radius 1 is 1.00 bits per heavy atom. The Labute approximate surface area is 93.7 Å². The lowest BCUT2D eigenvalue weighted by Crippen LogP contribution is -2.27. The maximum absolute atomic E-state index is 9.68. The Bertz CT molecular complexity index is 155. The van der Waals surface area contributed by atoms with Crippen molar-refractivity contribution in [2.24, 2.45) is 5.92 Å². The van der Waals surface area contributed by atoms with Gasteiger partial charge in [-0.1, -0.05) is 45.4 Å². The molecular formula is C13H26O2. The molecule has 0 radical (unpaired) electrons. The van der Waals surface area contributed by atoms with Crippen LogP contribution in [-0.4, -0.2) is 22.4 Å². The van der Waals surface area contributed by atoms with Crippen molar-refractivity contribution in [3.63, 3.8) is 0 Å². The van der Waals surface area contributed by atoms with Crippen molar-refractivity contribution < 1.29 is 10.2 Å². The van der Waals surface area contributed by atoms with E-state index < -0.39 is 12.2 Å². The van der Waals surface area contributed by atoms with Crippen LogP contribution < -0.4 is 0 Å². The molecule has 1 rings (SSSR count). The van der Waals surface area contributed by atoms with Gasteiger partial charge in [-0.25, -0.2) is 0 Å². The average molecular weight is 214 g/mol. The number of rotatable bonds is 9. The average Bonchev–Trinajstić information content (AvgIpc) is 3.05. The molecule has 15 heavy (non-hydrogen) atoms. The lowest BCUT2D eigenvalue weighted by atomic mass is 10.0. The van der Waals surface area contributed by atoms with Crippen LogP contribution in [0.15, 0.2) is 0 Å². The summed E-state index contributed by atoms with van der Waals surface area (Å²) in [5.41, 5.74) is 0. The van der Waals surface area contributed by atoms with Gasteiger partial charge in [0.25, 0.3) is 0 Å². The van der Waals surface area contributed by atoms with Crippen LogP contribution in [0.1, 0.15) is 64.7 Å². The predicted octanol–water partition coefficient (Wildman–Crippen LogP) is 2.87. The Morgan fingerprint density at radius 3 is 2.20 bits per heavy atom. The third-order valence-corrected chi connectivity index (χ3v) is 3.35. The summed E-state index contributed by atoms with van der Waals surface area (Å²) < 4.78 is 0. The first-order valence-electron chi connectivity index (χ1n) is 6.61. The van der Waals surface area contributed by atoms with Crippen LogP contribution in [0.4, 0.5) is 0 Å². The molecule has 2 N–H and O–H groups in total. The molecule has 0 aromatic heterocycles. The van der Waals surface area contributed by atoms with Crippen LogP contribution in [0, 0.1) is 5.92 Å². The molecule has 0 amide bonds. The molecule has 1 saturated carbocycles. The Balaban J connectivity index is 1.89. The minimum Gasteiger partial charge on any atom is -0.390 e. The summed E-state index contributed by atoms with van der Waals surface area (Å²) in [5.74, 6) is 0.403. The molecule has 2 heteroatoms. The van der Waals surface area contributed by atoms with Crippen molar-refractivity contribution in [1.29, 1.82) is 0 Å². The van der Waals surface area contributed by atoms with E-state index in [0.717, 1.165) is 25.7 Å². The summed E-state index contributed by atoms with van der Waals surface area (Å²) in [4.78, 5) is 0. The zero-order valence-corrected chi connectivity index (χ0v) is 9.99. The van der Waals surface area contributed by atoms with Gasteiger partial charge in [0.15, 0.2) is 0 Å². The lowest BCUT2D eigenvalue weighted by molar-refractivity contribution is 0.000314. The van der Waals surface area contributed by atoms with Crippen molar-refractivity contribution in [1.82, 2.24) is 0 Å². The van der Waals surface area contributed by atoms with Crippen molar-refractivity contribution in [2.45, 2.75) is 76.9 Å². The number of aliphatic hydroxyl groups is 2. The van der Waals surface area contributed by atoms with Crippen molar-refractivity contribution in [3.8, 4) is 0 Å². The molecule has 2 unspecified atom stereocenters. The second-order valence-electron chi connectivity index (χ2n) is 4.95. The molecule has 0 spiro atoms. The van der Waals surface area contributed by atoms with Gasteiger partial charge < -0.3 is 10.2 Å². The summed E-state index contributed by atoms with van der Waals surface area (Å²) in [6.07, 6.45) is 9.55. The highest BCUT2D eigenvalue weighted by atomic mass is 16.3. The van der Waals surface area contributed by atoms with Crippen LogP contribution >= 0.6 is 0 Å². The first-order chi connectivity index (χ1) is 7.25. The van der Waals surface area contributed by atoms with E-state index in [9.17, 15) is 10.2 Å². The van der Waals surface area contributed by atoms with Crippen molar-refractivity contribution in [2.75, 3.05) is 0 Å². The van der Waals surface area contributed by atoms with Gasteiger partial charge in [-0.2, -0.15) is 0 Å². The van der Waals surface area contributed by atoms with E-state index in [0.29, 0.717) is 5.92 Å². The molecule has 1 aliphatic rings.